The molecule has 0 aliphatic heterocycles. The molecule has 0 aliphatic carbocycles. The summed E-state index contributed by atoms with van der Waals surface area (Å²) in [7, 11) is 0. The lowest BCUT2D eigenvalue weighted by Crippen LogP contribution is -2.08. The monoisotopic (exact) mass is 293 g/mol. The van der Waals surface area contributed by atoms with Crippen LogP contribution < -0.4 is 10.5 Å². The largest absolute Gasteiger partial charge is 0.487 e. The van der Waals surface area contributed by atoms with Crippen LogP contribution in [0.1, 0.15) is 30.8 Å². The molecule has 1 heterocycles. The van der Waals surface area contributed by atoms with Crippen molar-refractivity contribution in [3.05, 3.63) is 46.2 Å². The zero-order valence-electron chi connectivity index (χ0n) is 11.9. The van der Waals surface area contributed by atoms with Gasteiger partial charge in [-0.25, -0.2) is 0 Å². The van der Waals surface area contributed by atoms with Gasteiger partial charge in [0.05, 0.1) is 11.4 Å². The Morgan fingerprint density at radius 1 is 1.30 bits per heavy atom. The maximum Gasteiger partial charge on any atom is 0.130 e. The first kappa shape index (κ1) is 14.9. The Labute approximate surface area is 124 Å². The number of nitrogens with two attached hydrogens (primary N) is 1. The minimum atomic E-state index is 0.406. The van der Waals surface area contributed by atoms with E-state index in [0.29, 0.717) is 18.2 Å². The summed E-state index contributed by atoms with van der Waals surface area (Å²) in [4.78, 5) is 0. The van der Waals surface area contributed by atoms with E-state index in [0.717, 1.165) is 35.7 Å². The fourth-order valence-corrected chi connectivity index (χ4v) is 2.27. The fourth-order valence-electron chi connectivity index (χ4n) is 2.08. The Hall–Kier alpha value is -1.52. The Balaban J connectivity index is 2.14. The Kier molecular flexibility index (Phi) is 5.04. The topological polar surface area (TPSA) is 53.1 Å². The molecule has 0 aliphatic rings. The van der Waals surface area contributed by atoms with Gasteiger partial charge in [0.1, 0.15) is 12.4 Å². The Morgan fingerprint density at radius 3 is 2.75 bits per heavy atom. The normalized spacial score (nSPS) is 10.8. The van der Waals surface area contributed by atoms with Crippen LogP contribution in [0, 0.1) is 0 Å². The number of nitrogens with zero attached hydrogens (tertiary/aromatic N) is 2. The number of hydrogen-bond donors (Lipinski definition) is 1. The number of benzene rings is 1. The Morgan fingerprint density at radius 2 is 2.10 bits per heavy atom. The van der Waals surface area contributed by atoms with E-state index in [1.165, 1.54) is 0 Å². The highest BCUT2D eigenvalue weighted by molar-refractivity contribution is 6.30. The molecule has 1 aromatic carbocycles. The second-order valence-corrected chi connectivity index (χ2v) is 4.98. The van der Waals surface area contributed by atoms with Crippen LogP contribution >= 0.6 is 11.6 Å². The first-order chi connectivity index (χ1) is 9.67. The predicted molar refractivity (Wildman–Crippen MR) is 81.0 cm³/mol. The zero-order chi connectivity index (χ0) is 14.5. The molecule has 0 saturated carbocycles. The molecule has 0 spiro atoms. The quantitative estimate of drug-likeness (QED) is 0.890. The molecule has 0 fully saturated rings. The van der Waals surface area contributed by atoms with Crippen LogP contribution in [0.2, 0.25) is 5.02 Å². The van der Waals surface area contributed by atoms with Crippen molar-refractivity contribution in [1.29, 1.82) is 0 Å². The number of hydrogen-bond acceptors (Lipinski definition) is 3. The summed E-state index contributed by atoms with van der Waals surface area (Å²) < 4.78 is 7.84. The molecular weight excluding hydrogens is 274 g/mol. The maximum atomic E-state index is 5.96. The van der Waals surface area contributed by atoms with Gasteiger partial charge < -0.3 is 10.5 Å². The van der Waals surface area contributed by atoms with Gasteiger partial charge in [0.25, 0.3) is 0 Å². The smallest absolute Gasteiger partial charge is 0.130 e. The van der Waals surface area contributed by atoms with Gasteiger partial charge in [-0.05, 0) is 37.6 Å². The lowest BCUT2D eigenvalue weighted by atomic mass is 10.2. The summed E-state index contributed by atoms with van der Waals surface area (Å²) in [6.07, 6.45) is 0.926. The zero-order valence-corrected chi connectivity index (χ0v) is 12.7. The van der Waals surface area contributed by atoms with E-state index in [4.69, 9.17) is 22.1 Å². The fraction of sp³-hybridized carbons (Fsp3) is 0.400. The molecule has 20 heavy (non-hydrogen) atoms. The molecule has 0 radical (unpaired) electrons. The molecular formula is C15H20ClN3O. The number of aryl methyl sites for hydroxylation is 2. The lowest BCUT2D eigenvalue weighted by molar-refractivity contribution is 0.289. The van der Waals surface area contributed by atoms with Crippen LogP contribution in [-0.2, 0) is 26.1 Å². The van der Waals surface area contributed by atoms with E-state index in [-0.39, 0.29) is 0 Å². The van der Waals surface area contributed by atoms with Crippen molar-refractivity contribution >= 4 is 11.6 Å². The third-order valence-corrected chi connectivity index (χ3v) is 3.43. The van der Waals surface area contributed by atoms with Crippen molar-refractivity contribution in [2.24, 2.45) is 5.73 Å². The molecule has 0 bridgehead atoms. The summed E-state index contributed by atoms with van der Waals surface area (Å²) in [5.41, 5.74) is 8.78. The van der Waals surface area contributed by atoms with Crippen LogP contribution in [0.25, 0.3) is 0 Å². The van der Waals surface area contributed by atoms with E-state index in [1.807, 2.05) is 22.9 Å². The number of aromatic nitrogens is 2. The van der Waals surface area contributed by atoms with Crippen molar-refractivity contribution in [2.45, 2.75) is 40.0 Å². The summed E-state index contributed by atoms with van der Waals surface area (Å²) in [5.74, 6) is 0.777. The summed E-state index contributed by atoms with van der Waals surface area (Å²) in [6.45, 7) is 5.89. The van der Waals surface area contributed by atoms with Crippen molar-refractivity contribution in [2.75, 3.05) is 0 Å². The molecule has 0 saturated heterocycles. The van der Waals surface area contributed by atoms with Gasteiger partial charge in [-0.3, -0.25) is 4.68 Å². The standard InChI is InChI=1S/C15H20ClN3O/c1-3-13-8-14(19(4-2)18-13)10-20-15-6-5-12(16)7-11(15)9-17/h5-8H,3-4,9-10,17H2,1-2H3. The molecule has 5 heteroatoms. The Bertz CT molecular complexity index is 580. The molecule has 1 aromatic heterocycles. The average Bonchev–Trinajstić information content (AvgIpc) is 2.88. The summed E-state index contributed by atoms with van der Waals surface area (Å²) >= 11 is 5.96. The van der Waals surface area contributed by atoms with Gasteiger partial charge in [-0.2, -0.15) is 5.10 Å². The average molecular weight is 294 g/mol. The van der Waals surface area contributed by atoms with Crippen LogP contribution in [0.3, 0.4) is 0 Å². The molecule has 2 rings (SSSR count). The summed E-state index contributed by atoms with van der Waals surface area (Å²) in [6, 6.07) is 7.59. The first-order valence-electron chi connectivity index (χ1n) is 6.84. The summed E-state index contributed by atoms with van der Waals surface area (Å²) in [5, 5.41) is 5.18. The second-order valence-electron chi connectivity index (χ2n) is 4.54. The molecule has 2 aromatic rings. The van der Waals surface area contributed by atoms with Crippen molar-refractivity contribution in [1.82, 2.24) is 9.78 Å². The molecule has 0 amide bonds. The van der Waals surface area contributed by atoms with E-state index >= 15 is 0 Å². The van der Waals surface area contributed by atoms with Crippen LogP contribution in [0.15, 0.2) is 24.3 Å². The van der Waals surface area contributed by atoms with Crippen molar-refractivity contribution in [3.63, 3.8) is 0 Å². The third kappa shape index (κ3) is 3.32. The minimum Gasteiger partial charge on any atom is -0.487 e. The van der Waals surface area contributed by atoms with Gasteiger partial charge in [-0.1, -0.05) is 18.5 Å². The number of rotatable bonds is 6. The maximum absolute atomic E-state index is 5.96. The number of halogens is 1. The van der Waals surface area contributed by atoms with Crippen molar-refractivity contribution < 1.29 is 4.74 Å². The van der Waals surface area contributed by atoms with Gasteiger partial charge in [-0.15, -0.1) is 0 Å². The first-order valence-corrected chi connectivity index (χ1v) is 7.22. The minimum absolute atomic E-state index is 0.406. The molecule has 0 atom stereocenters. The van der Waals surface area contributed by atoms with Crippen LogP contribution in [0.4, 0.5) is 0 Å². The molecule has 2 N–H and O–H groups in total. The second kappa shape index (κ2) is 6.77. The van der Waals surface area contributed by atoms with Gasteiger partial charge in [0, 0.05) is 23.7 Å². The highest BCUT2D eigenvalue weighted by Gasteiger charge is 2.08. The lowest BCUT2D eigenvalue weighted by Gasteiger charge is -2.11. The van der Waals surface area contributed by atoms with E-state index < -0.39 is 0 Å². The van der Waals surface area contributed by atoms with Crippen LogP contribution in [-0.4, -0.2) is 9.78 Å². The molecule has 4 nitrogen and oxygen atoms in total. The molecule has 108 valence electrons. The van der Waals surface area contributed by atoms with Gasteiger partial charge in [0.2, 0.25) is 0 Å². The van der Waals surface area contributed by atoms with Gasteiger partial charge in [0.15, 0.2) is 0 Å². The highest BCUT2D eigenvalue weighted by Crippen LogP contribution is 2.23. The predicted octanol–water partition coefficient (Wildman–Crippen LogP) is 3.16. The van der Waals surface area contributed by atoms with Crippen LogP contribution in [0.5, 0.6) is 5.75 Å². The van der Waals surface area contributed by atoms with E-state index in [1.54, 1.807) is 0 Å². The molecule has 0 unspecified atom stereocenters. The van der Waals surface area contributed by atoms with Crippen molar-refractivity contribution in [3.8, 4) is 5.75 Å². The third-order valence-electron chi connectivity index (χ3n) is 3.19. The van der Waals surface area contributed by atoms with E-state index in [9.17, 15) is 0 Å². The van der Waals surface area contributed by atoms with Gasteiger partial charge >= 0.3 is 0 Å². The SMILES string of the molecule is CCc1cc(COc2ccc(Cl)cc2CN)n(CC)n1. The number of ether oxygens (including phenoxy) is 1. The van der Waals surface area contributed by atoms with E-state index in [2.05, 4.69) is 25.0 Å². The highest BCUT2D eigenvalue weighted by atomic mass is 35.5.